The second kappa shape index (κ2) is 18.5. The fraction of sp³-hybridized carbons (Fsp3) is 0.842. The summed E-state index contributed by atoms with van der Waals surface area (Å²) in [5.41, 5.74) is 0. The predicted octanol–water partition coefficient (Wildman–Crippen LogP) is 4.58. The summed E-state index contributed by atoms with van der Waals surface area (Å²) in [7, 11) is 0.148. The average molecular weight is 340 g/mol. The first-order valence-corrected chi connectivity index (χ1v) is 9.76. The Labute approximate surface area is 148 Å². The summed E-state index contributed by atoms with van der Waals surface area (Å²) >= 11 is 0. The molecule has 2 N–H and O–H groups in total. The SMILES string of the molecule is COC(=O)CCCCCCCCCCCCCCCC=CB(O)O. The van der Waals surface area contributed by atoms with Crippen LogP contribution in [-0.2, 0) is 9.53 Å². The maximum absolute atomic E-state index is 10.9. The van der Waals surface area contributed by atoms with Crippen LogP contribution >= 0.6 is 0 Å². The number of carbonyl (C=O) groups excluding carboxylic acids is 1. The van der Waals surface area contributed by atoms with Gasteiger partial charge in [-0.3, -0.25) is 4.79 Å². The Morgan fingerprint density at radius 2 is 1.21 bits per heavy atom. The zero-order valence-electron chi connectivity index (χ0n) is 15.5. The molecule has 0 saturated heterocycles. The van der Waals surface area contributed by atoms with E-state index in [9.17, 15) is 4.79 Å². The molecule has 0 aliphatic carbocycles. The maximum atomic E-state index is 10.9. The van der Waals surface area contributed by atoms with Crippen LogP contribution in [0.3, 0.4) is 0 Å². The lowest BCUT2D eigenvalue weighted by Crippen LogP contribution is -2.05. The molecule has 0 heterocycles. The molecule has 0 atom stereocenters. The van der Waals surface area contributed by atoms with E-state index < -0.39 is 7.12 Å². The standard InChI is InChI=1S/C19H37BO4/c1-24-19(21)17-15-13-11-9-7-5-3-2-4-6-8-10-12-14-16-18-20(22)23/h16,18,22-23H,2-15,17H2,1H3. The third-order valence-electron chi connectivity index (χ3n) is 4.29. The topological polar surface area (TPSA) is 66.8 Å². The molecule has 0 fully saturated rings. The van der Waals surface area contributed by atoms with Gasteiger partial charge in [0.05, 0.1) is 7.11 Å². The van der Waals surface area contributed by atoms with Crippen LogP contribution in [0.25, 0.3) is 0 Å². The largest absolute Gasteiger partial charge is 0.480 e. The van der Waals surface area contributed by atoms with Gasteiger partial charge in [-0.25, -0.2) is 0 Å². The normalized spacial score (nSPS) is 11.1. The summed E-state index contributed by atoms with van der Waals surface area (Å²) in [5.74, 6) is 1.34. The number of unbranched alkanes of at least 4 members (excludes halogenated alkanes) is 13. The van der Waals surface area contributed by atoms with Crippen molar-refractivity contribution in [3.05, 3.63) is 12.1 Å². The first-order valence-electron chi connectivity index (χ1n) is 9.76. The highest BCUT2D eigenvalue weighted by Crippen LogP contribution is 2.13. The molecule has 4 nitrogen and oxygen atoms in total. The minimum atomic E-state index is -1.30. The predicted molar refractivity (Wildman–Crippen MR) is 101 cm³/mol. The van der Waals surface area contributed by atoms with Gasteiger partial charge in [-0.1, -0.05) is 82.7 Å². The fourth-order valence-electron chi connectivity index (χ4n) is 2.80. The number of esters is 1. The van der Waals surface area contributed by atoms with Crippen molar-refractivity contribution in [3.8, 4) is 0 Å². The van der Waals surface area contributed by atoms with E-state index in [0.29, 0.717) is 6.42 Å². The second-order valence-electron chi connectivity index (χ2n) is 6.55. The van der Waals surface area contributed by atoms with Crippen LogP contribution in [0.4, 0.5) is 0 Å². The molecule has 0 aliphatic heterocycles. The number of hydrogen-bond acceptors (Lipinski definition) is 4. The Kier molecular flexibility index (Phi) is 17.9. The Hall–Kier alpha value is -0.805. The molecule has 0 radical (unpaired) electrons. The third-order valence-corrected chi connectivity index (χ3v) is 4.29. The van der Waals surface area contributed by atoms with Gasteiger partial charge in [-0.15, -0.1) is 0 Å². The van der Waals surface area contributed by atoms with Crippen molar-refractivity contribution < 1.29 is 19.6 Å². The Morgan fingerprint density at radius 3 is 1.62 bits per heavy atom. The molecule has 0 rings (SSSR count). The second-order valence-corrected chi connectivity index (χ2v) is 6.55. The average Bonchev–Trinajstić information content (AvgIpc) is 2.57. The molecule has 0 amide bonds. The van der Waals surface area contributed by atoms with Gasteiger partial charge in [-0.2, -0.15) is 0 Å². The van der Waals surface area contributed by atoms with Crippen LogP contribution in [0.15, 0.2) is 12.1 Å². The lowest BCUT2D eigenvalue weighted by molar-refractivity contribution is -0.140. The first-order chi connectivity index (χ1) is 11.7. The Balaban J connectivity index is 3.06. The molecule has 0 aromatic rings. The minimum absolute atomic E-state index is 0.0876. The molecule has 0 aromatic heterocycles. The van der Waals surface area contributed by atoms with Crippen molar-refractivity contribution in [2.24, 2.45) is 0 Å². The van der Waals surface area contributed by atoms with Crippen molar-refractivity contribution in [3.63, 3.8) is 0 Å². The highest BCUT2D eigenvalue weighted by molar-refractivity contribution is 6.47. The van der Waals surface area contributed by atoms with Gasteiger partial charge in [0.15, 0.2) is 0 Å². The lowest BCUT2D eigenvalue weighted by atomic mass is 9.91. The summed E-state index contributed by atoms with van der Waals surface area (Å²) in [6.07, 6.45) is 19.6. The van der Waals surface area contributed by atoms with E-state index in [0.717, 1.165) is 25.7 Å². The van der Waals surface area contributed by atoms with Crippen molar-refractivity contribution in [1.29, 1.82) is 0 Å². The van der Waals surface area contributed by atoms with Gasteiger partial charge < -0.3 is 14.8 Å². The number of carbonyl (C=O) groups is 1. The van der Waals surface area contributed by atoms with Crippen LogP contribution in [0, 0.1) is 0 Å². The molecular weight excluding hydrogens is 303 g/mol. The van der Waals surface area contributed by atoms with Crippen molar-refractivity contribution in [2.75, 3.05) is 7.11 Å². The summed E-state index contributed by atoms with van der Waals surface area (Å²) in [5, 5.41) is 17.3. The third kappa shape index (κ3) is 19.2. The fourth-order valence-corrected chi connectivity index (χ4v) is 2.80. The lowest BCUT2D eigenvalue weighted by Gasteiger charge is -2.03. The maximum Gasteiger partial charge on any atom is 0.480 e. The summed E-state index contributed by atoms with van der Waals surface area (Å²) < 4.78 is 4.62. The summed E-state index contributed by atoms with van der Waals surface area (Å²) in [6, 6.07) is 0. The van der Waals surface area contributed by atoms with E-state index in [1.165, 1.54) is 77.3 Å². The molecule has 24 heavy (non-hydrogen) atoms. The van der Waals surface area contributed by atoms with Gasteiger partial charge in [0.25, 0.3) is 0 Å². The van der Waals surface area contributed by atoms with Crippen molar-refractivity contribution in [1.82, 2.24) is 0 Å². The monoisotopic (exact) mass is 340 g/mol. The molecule has 0 bridgehead atoms. The van der Waals surface area contributed by atoms with E-state index in [2.05, 4.69) is 4.74 Å². The van der Waals surface area contributed by atoms with Gasteiger partial charge >= 0.3 is 13.1 Å². The Morgan fingerprint density at radius 1 is 0.792 bits per heavy atom. The number of hydrogen-bond donors (Lipinski definition) is 2. The van der Waals surface area contributed by atoms with E-state index in [4.69, 9.17) is 10.0 Å². The van der Waals surface area contributed by atoms with Crippen LogP contribution in [0.5, 0.6) is 0 Å². The quantitative estimate of drug-likeness (QED) is 0.231. The van der Waals surface area contributed by atoms with E-state index >= 15 is 0 Å². The summed E-state index contributed by atoms with van der Waals surface area (Å²) in [6.45, 7) is 0. The molecule has 0 unspecified atom stereocenters. The van der Waals surface area contributed by atoms with Crippen molar-refractivity contribution >= 4 is 13.1 Å². The zero-order valence-corrected chi connectivity index (χ0v) is 15.5. The molecule has 140 valence electrons. The van der Waals surface area contributed by atoms with Gasteiger partial charge in [0.2, 0.25) is 0 Å². The van der Waals surface area contributed by atoms with Crippen molar-refractivity contribution in [2.45, 2.75) is 96.3 Å². The van der Waals surface area contributed by atoms with Gasteiger partial charge in [0.1, 0.15) is 0 Å². The minimum Gasteiger partial charge on any atom is -0.469 e. The number of rotatable bonds is 17. The van der Waals surface area contributed by atoms with E-state index in [1.54, 1.807) is 0 Å². The molecule has 0 aromatic carbocycles. The summed E-state index contributed by atoms with van der Waals surface area (Å²) in [4.78, 5) is 10.9. The highest BCUT2D eigenvalue weighted by atomic mass is 16.5. The Bertz CT molecular complexity index is 306. The van der Waals surface area contributed by atoms with Crippen LogP contribution < -0.4 is 0 Å². The van der Waals surface area contributed by atoms with Gasteiger partial charge in [0, 0.05) is 6.42 Å². The number of ether oxygens (including phenoxy) is 1. The molecular formula is C19H37BO4. The van der Waals surface area contributed by atoms with Crippen LogP contribution in [0.1, 0.15) is 96.3 Å². The van der Waals surface area contributed by atoms with Crippen LogP contribution in [0.2, 0.25) is 0 Å². The van der Waals surface area contributed by atoms with Crippen LogP contribution in [-0.4, -0.2) is 30.2 Å². The molecule has 0 saturated carbocycles. The number of allylic oxidation sites excluding steroid dienone is 1. The molecule has 0 spiro atoms. The van der Waals surface area contributed by atoms with E-state index in [1.807, 2.05) is 6.08 Å². The van der Waals surface area contributed by atoms with Gasteiger partial charge in [-0.05, 0) is 19.3 Å². The zero-order chi connectivity index (χ0) is 17.9. The molecule has 0 aliphatic rings. The highest BCUT2D eigenvalue weighted by Gasteiger charge is 1.99. The molecule has 5 heteroatoms. The smallest absolute Gasteiger partial charge is 0.469 e. The van der Waals surface area contributed by atoms with E-state index in [-0.39, 0.29) is 5.97 Å². The number of methoxy groups -OCH3 is 1. The first kappa shape index (κ1) is 23.2.